The summed E-state index contributed by atoms with van der Waals surface area (Å²) < 4.78 is 10.1. The van der Waals surface area contributed by atoms with Gasteiger partial charge in [-0.25, -0.2) is 4.79 Å². The third-order valence-electron chi connectivity index (χ3n) is 2.50. The molecule has 1 aromatic rings. The predicted octanol–water partition coefficient (Wildman–Crippen LogP) is 1.73. The molecular formula is C13H19NO3. The Morgan fingerprint density at radius 2 is 2.00 bits per heavy atom. The maximum atomic E-state index is 11.2. The van der Waals surface area contributed by atoms with Crippen LogP contribution in [-0.4, -0.2) is 25.7 Å². The fourth-order valence-electron chi connectivity index (χ4n) is 1.30. The Morgan fingerprint density at radius 1 is 1.35 bits per heavy atom. The zero-order valence-electron chi connectivity index (χ0n) is 10.3. The zero-order chi connectivity index (χ0) is 12.7. The lowest BCUT2D eigenvalue weighted by Crippen LogP contribution is -2.24. The predicted molar refractivity (Wildman–Crippen MR) is 65.7 cm³/mol. The molecule has 0 spiro atoms. The maximum absolute atomic E-state index is 11.2. The highest BCUT2D eigenvalue weighted by Gasteiger charge is 2.04. The van der Waals surface area contributed by atoms with Gasteiger partial charge in [0.15, 0.2) is 0 Å². The van der Waals surface area contributed by atoms with Crippen LogP contribution in [0.2, 0.25) is 0 Å². The van der Waals surface area contributed by atoms with Crippen LogP contribution in [0.1, 0.15) is 29.3 Å². The smallest absolute Gasteiger partial charge is 0.337 e. The molecule has 0 heterocycles. The van der Waals surface area contributed by atoms with Gasteiger partial charge in [-0.1, -0.05) is 19.1 Å². The molecule has 0 amide bonds. The number of hydrogen-bond donors (Lipinski definition) is 1. The second kappa shape index (κ2) is 7.04. The highest BCUT2D eigenvalue weighted by molar-refractivity contribution is 5.89. The number of benzene rings is 1. The van der Waals surface area contributed by atoms with E-state index >= 15 is 0 Å². The molecule has 0 aliphatic heterocycles. The summed E-state index contributed by atoms with van der Waals surface area (Å²) in [4.78, 5) is 11.2. The van der Waals surface area contributed by atoms with E-state index in [9.17, 15) is 4.79 Å². The number of esters is 1. The van der Waals surface area contributed by atoms with Crippen LogP contribution in [-0.2, 0) is 16.1 Å². The standard InChI is InChI=1S/C13H19NO3/c1-3-12(14)9-17-8-10-4-6-11(7-5-10)13(15)16-2/h4-7,12H,3,8-9,14H2,1-2H3. The maximum Gasteiger partial charge on any atom is 0.337 e. The van der Waals surface area contributed by atoms with Crippen molar-refractivity contribution in [2.24, 2.45) is 5.73 Å². The van der Waals surface area contributed by atoms with Crippen molar-refractivity contribution in [3.8, 4) is 0 Å². The minimum atomic E-state index is -0.328. The summed E-state index contributed by atoms with van der Waals surface area (Å²) in [6, 6.07) is 7.24. The molecule has 94 valence electrons. The zero-order valence-corrected chi connectivity index (χ0v) is 10.3. The molecule has 1 unspecified atom stereocenters. The first kappa shape index (κ1) is 13.7. The molecule has 1 atom stereocenters. The monoisotopic (exact) mass is 237 g/mol. The van der Waals surface area contributed by atoms with E-state index in [4.69, 9.17) is 10.5 Å². The average molecular weight is 237 g/mol. The molecule has 0 fully saturated rings. The SMILES string of the molecule is CCC(N)COCc1ccc(C(=O)OC)cc1. The molecular weight excluding hydrogens is 218 g/mol. The second-order valence-electron chi connectivity index (χ2n) is 3.87. The Bertz CT molecular complexity index is 348. The van der Waals surface area contributed by atoms with Crippen LogP contribution in [0.15, 0.2) is 24.3 Å². The Kier molecular flexibility index (Phi) is 5.66. The number of hydrogen-bond acceptors (Lipinski definition) is 4. The Hall–Kier alpha value is -1.39. The van der Waals surface area contributed by atoms with E-state index in [1.807, 2.05) is 19.1 Å². The highest BCUT2D eigenvalue weighted by atomic mass is 16.5. The lowest BCUT2D eigenvalue weighted by Gasteiger charge is -2.09. The molecule has 4 heteroatoms. The number of carbonyl (C=O) groups is 1. The minimum Gasteiger partial charge on any atom is -0.465 e. The highest BCUT2D eigenvalue weighted by Crippen LogP contribution is 2.07. The second-order valence-corrected chi connectivity index (χ2v) is 3.87. The Labute approximate surface area is 102 Å². The molecule has 0 saturated carbocycles. The average Bonchev–Trinajstić information content (AvgIpc) is 2.38. The van der Waals surface area contributed by atoms with Crippen LogP contribution in [0.25, 0.3) is 0 Å². The van der Waals surface area contributed by atoms with Crippen molar-refractivity contribution in [2.45, 2.75) is 26.0 Å². The first-order valence-electron chi connectivity index (χ1n) is 5.68. The Balaban J connectivity index is 2.43. The third kappa shape index (κ3) is 4.54. The van der Waals surface area contributed by atoms with Gasteiger partial charge in [-0.15, -0.1) is 0 Å². The van der Waals surface area contributed by atoms with E-state index in [1.54, 1.807) is 12.1 Å². The van der Waals surface area contributed by atoms with Gasteiger partial charge in [-0.2, -0.15) is 0 Å². The van der Waals surface area contributed by atoms with Gasteiger partial charge in [-0.05, 0) is 24.1 Å². The van der Waals surface area contributed by atoms with Crippen molar-refractivity contribution >= 4 is 5.97 Å². The van der Waals surface area contributed by atoms with E-state index in [2.05, 4.69) is 4.74 Å². The molecule has 0 aliphatic carbocycles. The van der Waals surface area contributed by atoms with Crippen molar-refractivity contribution in [1.29, 1.82) is 0 Å². The van der Waals surface area contributed by atoms with Gasteiger partial charge >= 0.3 is 5.97 Å². The van der Waals surface area contributed by atoms with Gasteiger partial charge in [0.2, 0.25) is 0 Å². The topological polar surface area (TPSA) is 61.5 Å². The molecule has 0 saturated heterocycles. The summed E-state index contributed by atoms with van der Waals surface area (Å²) in [5, 5.41) is 0. The molecule has 2 N–H and O–H groups in total. The first-order valence-corrected chi connectivity index (χ1v) is 5.68. The van der Waals surface area contributed by atoms with Gasteiger partial charge in [0.25, 0.3) is 0 Å². The number of carbonyl (C=O) groups excluding carboxylic acids is 1. The van der Waals surface area contributed by atoms with Crippen LogP contribution >= 0.6 is 0 Å². The summed E-state index contributed by atoms with van der Waals surface area (Å²) in [7, 11) is 1.37. The van der Waals surface area contributed by atoms with Crippen molar-refractivity contribution in [3.63, 3.8) is 0 Å². The van der Waals surface area contributed by atoms with E-state index in [1.165, 1.54) is 7.11 Å². The summed E-state index contributed by atoms with van der Waals surface area (Å²) in [5.41, 5.74) is 7.29. The van der Waals surface area contributed by atoms with Crippen molar-refractivity contribution in [2.75, 3.05) is 13.7 Å². The summed E-state index contributed by atoms with van der Waals surface area (Å²) in [5.74, 6) is -0.328. The van der Waals surface area contributed by atoms with Crippen LogP contribution in [0.4, 0.5) is 0 Å². The van der Waals surface area contributed by atoms with Crippen molar-refractivity contribution < 1.29 is 14.3 Å². The lowest BCUT2D eigenvalue weighted by atomic mass is 10.1. The normalized spacial score (nSPS) is 12.2. The summed E-state index contributed by atoms with van der Waals surface area (Å²) >= 11 is 0. The number of nitrogens with two attached hydrogens (primary N) is 1. The van der Waals surface area contributed by atoms with Crippen LogP contribution in [0.5, 0.6) is 0 Å². The van der Waals surface area contributed by atoms with E-state index in [0.717, 1.165) is 12.0 Å². The first-order chi connectivity index (χ1) is 8.17. The van der Waals surface area contributed by atoms with E-state index in [-0.39, 0.29) is 12.0 Å². The van der Waals surface area contributed by atoms with Gasteiger partial charge in [0.05, 0.1) is 25.9 Å². The van der Waals surface area contributed by atoms with E-state index < -0.39 is 0 Å². The number of rotatable bonds is 6. The van der Waals surface area contributed by atoms with Gasteiger partial charge in [0.1, 0.15) is 0 Å². The van der Waals surface area contributed by atoms with Crippen molar-refractivity contribution in [1.82, 2.24) is 0 Å². The van der Waals surface area contributed by atoms with Crippen LogP contribution in [0, 0.1) is 0 Å². The van der Waals surface area contributed by atoms with Gasteiger partial charge < -0.3 is 15.2 Å². The minimum absolute atomic E-state index is 0.0874. The third-order valence-corrected chi connectivity index (χ3v) is 2.50. The lowest BCUT2D eigenvalue weighted by molar-refractivity contribution is 0.0600. The number of ether oxygens (including phenoxy) is 2. The molecule has 1 aromatic carbocycles. The van der Waals surface area contributed by atoms with Crippen LogP contribution in [0.3, 0.4) is 0 Å². The van der Waals surface area contributed by atoms with Gasteiger partial charge in [-0.3, -0.25) is 0 Å². The van der Waals surface area contributed by atoms with Gasteiger partial charge in [0, 0.05) is 6.04 Å². The van der Waals surface area contributed by atoms with Crippen molar-refractivity contribution in [3.05, 3.63) is 35.4 Å². The van der Waals surface area contributed by atoms with Crippen LogP contribution < -0.4 is 5.73 Å². The van der Waals surface area contributed by atoms with E-state index in [0.29, 0.717) is 18.8 Å². The Morgan fingerprint density at radius 3 is 2.53 bits per heavy atom. The summed E-state index contributed by atoms with van der Waals surface area (Å²) in [6.45, 7) is 3.09. The fraction of sp³-hybridized carbons (Fsp3) is 0.462. The molecule has 4 nitrogen and oxygen atoms in total. The molecule has 0 bridgehead atoms. The summed E-state index contributed by atoms with van der Waals surface area (Å²) in [6.07, 6.45) is 0.904. The molecule has 17 heavy (non-hydrogen) atoms. The molecule has 1 rings (SSSR count). The molecule has 0 radical (unpaired) electrons. The molecule has 0 aromatic heterocycles. The number of methoxy groups -OCH3 is 1. The fourth-order valence-corrected chi connectivity index (χ4v) is 1.30. The quantitative estimate of drug-likeness (QED) is 0.765. The molecule has 0 aliphatic rings. The largest absolute Gasteiger partial charge is 0.465 e.